The molecule has 0 atom stereocenters. The van der Waals surface area contributed by atoms with Gasteiger partial charge in [-0.25, -0.2) is 4.79 Å². The van der Waals surface area contributed by atoms with E-state index in [1.165, 1.54) is 23.9 Å². The number of hydrogen-bond acceptors (Lipinski definition) is 5. The summed E-state index contributed by atoms with van der Waals surface area (Å²) >= 11 is 7.20. The molecule has 0 radical (unpaired) electrons. The smallest absolute Gasteiger partial charge is 0.311 e. The van der Waals surface area contributed by atoms with Crippen LogP contribution in [0.3, 0.4) is 0 Å². The zero-order valence-electron chi connectivity index (χ0n) is 16.7. The predicted octanol–water partition coefficient (Wildman–Crippen LogP) is 4.20. The molecule has 0 bridgehead atoms. The molecule has 2 aromatic carbocycles. The van der Waals surface area contributed by atoms with Crippen LogP contribution in [-0.4, -0.2) is 24.7 Å². The van der Waals surface area contributed by atoms with Gasteiger partial charge in [0.25, 0.3) is 5.56 Å². The lowest BCUT2D eigenvalue weighted by atomic mass is 10.1. The van der Waals surface area contributed by atoms with Crippen molar-refractivity contribution >= 4 is 23.4 Å². The minimum atomic E-state index is -4.43. The van der Waals surface area contributed by atoms with E-state index in [9.17, 15) is 22.8 Å². The highest BCUT2D eigenvalue weighted by molar-refractivity contribution is 7.98. The molecule has 0 unspecified atom stereocenters. The Morgan fingerprint density at radius 2 is 1.76 bits per heavy atom. The number of nitrogens with zero attached hydrogens (tertiary/aromatic N) is 3. The van der Waals surface area contributed by atoms with E-state index >= 15 is 0 Å². The van der Waals surface area contributed by atoms with Crippen molar-refractivity contribution in [2.75, 3.05) is 0 Å². The van der Waals surface area contributed by atoms with Gasteiger partial charge in [0.05, 0.1) is 5.56 Å². The second kappa shape index (κ2) is 9.28. The number of halogens is 4. The molecule has 0 amide bonds. The quantitative estimate of drug-likeness (QED) is 0.392. The molecule has 0 spiro atoms. The van der Waals surface area contributed by atoms with Gasteiger partial charge in [-0.05, 0) is 35.9 Å². The predicted molar refractivity (Wildman–Crippen MR) is 118 cm³/mol. The van der Waals surface area contributed by atoms with Crippen LogP contribution in [-0.2, 0) is 18.3 Å². The maximum Gasteiger partial charge on any atom is 0.416 e. The Morgan fingerprint density at radius 1 is 1.00 bits per heavy atom. The zero-order chi connectivity index (χ0) is 23.6. The molecular weight excluding hydrogens is 479 g/mol. The Bertz CT molecular complexity index is 1370. The summed E-state index contributed by atoms with van der Waals surface area (Å²) in [5, 5.41) is 9.32. The molecule has 0 aliphatic rings. The fourth-order valence-corrected chi connectivity index (χ4v) is 4.17. The molecular formula is C21H15ClF3N5O2S. The third kappa shape index (κ3) is 5.55. The van der Waals surface area contributed by atoms with Crippen LogP contribution in [0.2, 0.25) is 5.02 Å². The van der Waals surface area contributed by atoms with Crippen molar-refractivity contribution in [3.63, 3.8) is 0 Å². The van der Waals surface area contributed by atoms with Crippen molar-refractivity contribution in [1.82, 2.24) is 24.7 Å². The lowest BCUT2D eigenvalue weighted by Gasteiger charge is -2.11. The van der Waals surface area contributed by atoms with Crippen LogP contribution in [0.15, 0.2) is 69.3 Å². The number of thioether (sulfide) groups is 1. The summed E-state index contributed by atoms with van der Waals surface area (Å²) in [5.74, 6) is 0.641. The normalized spacial score (nSPS) is 11.6. The van der Waals surface area contributed by atoms with Crippen molar-refractivity contribution in [2.45, 2.75) is 23.5 Å². The third-order valence-electron chi connectivity index (χ3n) is 4.57. The van der Waals surface area contributed by atoms with E-state index in [1.54, 1.807) is 34.9 Å². The van der Waals surface area contributed by atoms with E-state index in [2.05, 4.69) is 20.2 Å². The molecule has 2 N–H and O–H groups in total. The fraction of sp³-hybridized carbons (Fsp3) is 0.143. The van der Waals surface area contributed by atoms with E-state index in [0.29, 0.717) is 32.9 Å². The molecule has 0 fully saturated rings. The zero-order valence-corrected chi connectivity index (χ0v) is 18.3. The van der Waals surface area contributed by atoms with Crippen molar-refractivity contribution in [3.8, 4) is 5.69 Å². The second-order valence-corrected chi connectivity index (χ2v) is 8.37. The lowest BCUT2D eigenvalue weighted by molar-refractivity contribution is -0.137. The largest absolute Gasteiger partial charge is 0.416 e. The highest BCUT2D eigenvalue weighted by Gasteiger charge is 2.30. The first-order chi connectivity index (χ1) is 15.7. The molecule has 2 heterocycles. The number of aromatic amines is 2. The van der Waals surface area contributed by atoms with Gasteiger partial charge in [0, 0.05) is 34.6 Å². The van der Waals surface area contributed by atoms with Crippen molar-refractivity contribution in [3.05, 3.63) is 103 Å². The van der Waals surface area contributed by atoms with Crippen LogP contribution in [0.25, 0.3) is 5.69 Å². The Labute approximate surface area is 193 Å². The Balaban J connectivity index is 1.67. The molecule has 170 valence electrons. The molecule has 33 heavy (non-hydrogen) atoms. The number of H-pyrrole nitrogens is 2. The minimum absolute atomic E-state index is 0.0961. The number of aromatic nitrogens is 5. The van der Waals surface area contributed by atoms with Crippen LogP contribution in [0.1, 0.15) is 22.6 Å². The van der Waals surface area contributed by atoms with Crippen molar-refractivity contribution in [1.29, 1.82) is 0 Å². The van der Waals surface area contributed by atoms with E-state index in [4.69, 9.17) is 11.6 Å². The summed E-state index contributed by atoms with van der Waals surface area (Å²) in [6.07, 6.45) is -4.33. The van der Waals surface area contributed by atoms with Gasteiger partial charge in [-0.2, -0.15) is 13.2 Å². The first kappa shape index (κ1) is 22.9. The monoisotopic (exact) mass is 493 g/mol. The molecule has 4 aromatic rings. The highest BCUT2D eigenvalue weighted by Crippen LogP contribution is 2.32. The first-order valence-corrected chi connectivity index (χ1v) is 10.9. The average molecular weight is 494 g/mol. The van der Waals surface area contributed by atoms with Gasteiger partial charge in [0.15, 0.2) is 5.16 Å². The third-order valence-corrected chi connectivity index (χ3v) is 5.82. The van der Waals surface area contributed by atoms with Crippen LogP contribution in [0, 0.1) is 0 Å². The molecule has 0 aliphatic carbocycles. The van der Waals surface area contributed by atoms with Gasteiger partial charge in [-0.15, -0.1) is 10.2 Å². The first-order valence-electron chi connectivity index (χ1n) is 9.51. The minimum Gasteiger partial charge on any atom is -0.311 e. The second-order valence-electron chi connectivity index (χ2n) is 6.99. The number of alkyl halides is 3. The summed E-state index contributed by atoms with van der Waals surface area (Å²) in [4.78, 5) is 27.9. The molecule has 0 aliphatic heterocycles. The van der Waals surface area contributed by atoms with E-state index in [-0.39, 0.29) is 12.2 Å². The topological polar surface area (TPSA) is 96.4 Å². The maximum absolute atomic E-state index is 13.0. The lowest BCUT2D eigenvalue weighted by Crippen LogP contribution is -2.23. The van der Waals surface area contributed by atoms with Gasteiger partial charge in [-0.1, -0.05) is 41.6 Å². The Morgan fingerprint density at radius 3 is 2.45 bits per heavy atom. The number of benzene rings is 2. The Hall–Kier alpha value is -3.31. The van der Waals surface area contributed by atoms with Gasteiger partial charge in [-0.3, -0.25) is 14.3 Å². The summed E-state index contributed by atoms with van der Waals surface area (Å²) in [6.45, 7) is 0. The fourth-order valence-electron chi connectivity index (χ4n) is 3.13. The van der Waals surface area contributed by atoms with Gasteiger partial charge in [0.1, 0.15) is 5.82 Å². The van der Waals surface area contributed by atoms with E-state index < -0.39 is 23.0 Å². The molecule has 12 heteroatoms. The van der Waals surface area contributed by atoms with Crippen LogP contribution in [0.4, 0.5) is 13.2 Å². The van der Waals surface area contributed by atoms with E-state index in [0.717, 1.165) is 12.1 Å². The van der Waals surface area contributed by atoms with Crippen LogP contribution >= 0.6 is 23.4 Å². The summed E-state index contributed by atoms with van der Waals surface area (Å²) in [5.41, 5.74) is -0.446. The Kier molecular flexibility index (Phi) is 6.43. The summed E-state index contributed by atoms with van der Waals surface area (Å²) in [7, 11) is 0. The van der Waals surface area contributed by atoms with Crippen LogP contribution < -0.4 is 11.2 Å². The molecule has 0 saturated carbocycles. The molecule has 7 nitrogen and oxygen atoms in total. The van der Waals surface area contributed by atoms with Gasteiger partial charge < -0.3 is 4.98 Å². The standard InChI is InChI=1S/C21H15ClF3N5O2S/c22-14-4-6-16(7-5-14)30-17(9-15-10-18(31)27-19(32)26-15)28-29-20(30)33-11-12-2-1-3-13(8-12)21(23,24)25/h1-8,10H,9,11H2,(H2,26,27,31,32). The summed E-state index contributed by atoms with van der Waals surface area (Å²) < 4.78 is 40.8. The molecule has 0 saturated heterocycles. The molecule has 2 aromatic heterocycles. The van der Waals surface area contributed by atoms with Crippen molar-refractivity contribution < 1.29 is 13.2 Å². The van der Waals surface area contributed by atoms with E-state index in [1.807, 2.05) is 0 Å². The van der Waals surface area contributed by atoms with Crippen LogP contribution in [0.5, 0.6) is 0 Å². The van der Waals surface area contributed by atoms with Crippen molar-refractivity contribution in [2.24, 2.45) is 0 Å². The molecule has 4 rings (SSSR count). The summed E-state index contributed by atoms with van der Waals surface area (Å²) in [6, 6.07) is 13.2. The van der Waals surface area contributed by atoms with Gasteiger partial charge in [0.2, 0.25) is 0 Å². The number of nitrogens with one attached hydrogen (secondary N) is 2. The number of hydrogen-bond donors (Lipinski definition) is 2. The SMILES string of the molecule is O=c1cc(Cc2nnc(SCc3cccc(C(F)(F)F)c3)n2-c2ccc(Cl)cc2)[nH]c(=O)[nH]1. The highest BCUT2D eigenvalue weighted by atomic mass is 35.5. The van der Waals surface area contributed by atoms with Gasteiger partial charge >= 0.3 is 11.9 Å². The average Bonchev–Trinajstić information content (AvgIpc) is 3.14. The number of rotatable bonds is 6. The maximum atomic E-state index is 13.0.